The third-order valence-electron chi connectivity index (χ3n) is 2.96. The summed E-state index contributed by atoms with van der Waals surface area (Å²) in [6, 6.07) is 7.09. The van der Waals surface area contributed by atoms with Crippen molar-refractivity contribution >= 4 is 12.2 Å². The zero-order valence-corrected chi connectivity index (χ0v) is 13.0. The molecule has 0 aliphatic carbocycles. The van der Waals surface area contributed by atoms with E-state index in [2.05, 4.69) is 15.4 Å². The third kappa shape index (κ3) is 8.30. The number of hydrogen-bond acceptors (Lipinski definition) is 4. The van der Waals surface area contributed by atoms with Crippen molar-refractivity contribution in [3.05, 3.63) is 30.1 Å². The van der Waals surface area contributed by atoms with Crippen LogP contribution in [0.1, 0.15) is 33.6 Å². The number of benzene rings is 1. The lowest BCUT2D eigenvalue weighted by atomic mass is 10.1. The van der Waals surface area contributed by atoms with Crippen LogP contribution in [0.15, 0.2) is 24.3 Å². The number of rotatable bonds is 3. The Morgan fingerprint density at radius 2 is 1.81 bits per heavy atom. The fourth-order valence-electron chi connectivity index (χ4n) is 1.89. The molecule has 1 saturated heterocycles. The van der Waals surface area contributed by atoms with Gasteiger partial charge in [-0.25, -0.2) is 4.39 Å². The van der Waals surface area contributed by atoms with Crippen LogP contribution in [0.25, 0.3) is 0 Å². The highest BCUT2D eigenvalue weighted by Crippen LogP contribution is 2.13. The number of anilines is 1. The topological polar surface area (TPSA) is 50.4 Å². The van der Waals surface area contributed by atoms with E-state index in [1.807, 2.05) is 20.8 Å². The molecule has 0 bridgehead atoms. The van der Waals surface area contributed by atoms with Crippen LogP contribution in [0, 0.1) is 5.82 Å². The SMILES string of the molecule is CC(C)(C)OC=O.Fc1ccc(NC2CCNCC2)cc1. The van der Waals surface area contributed by atoms with Gasteiger partial charge in [-0.3, -0.25) is 4.79 Å². The average Bonchev–Trinajstić information content (AvgIpc) is 2.42. The summed E-state index contributed by atoms with van der Waals surface area (Å²) in [6.07, 6.45) is 2.27. The van der Waals surface area contributed by atoms with Crippen molar-refractivity contribution in [2.75, 3.05) is 18.4 Å². The van der Waals surface area contributed by atoms with Gasteiger partial charge in [-0.05, 0) is 71.0 Å². The molecular weight excluding hydrogens is 271 g/mol. The third-order valence-corrected chi connectivity index (χ3v) is 2.96. The Morgan fingerprint density at radius 1 is 1.24 bits per heavy atom. The van der Waals surface area contributed by atoms with E-state index in [1.54, 1.807) is 12.1 Å². The minimum absolute atomic E-state index is 0.180. The van der Waals surface area contributed by atoms with Crippen molar-refractivity contribution in [1.29, 1.82) is 0 Å². The Labute approximate surface area is 126 Å². The molecule has 2 rings (SSSR count). The smallest absolute Gasteiger partial charge is 0.293 e. The van der Waals surface area contributed by atoms with Crippen molar-refractivity contribution in [3.63, 3.8) is 0 Å². The summed E-state index contributed by atoms with van der Waals surface area (Å²) in [7, 11) is 0. The standard InChI is InChI=1S/C11H15FN2.C5H10O2/c12-9-1-3-10(4-2-9)14-11-5-7-13-8-6-11;1-5(2,3)7-4-6/h1-4,11,13-14H,5-8H2;4H,1-3H3. The number of halogens is 1. The first-order valence-electron chi connectivity index (χ1n) is 7.25. The summed E-state index contributed by atoms with van der Waals surface area (Å²) in [6.45, 7) is 8.06. The molecule has 1 heterocycles. The van der Waals surface area contributed by atoms with Gasteiger partial charge in [0.05, 0.1) is 0 Å². The maximum atomic E-state index is 12.6. The van der Waals surface area contributed by atoms with Crippen LogP contribution >= 0.6 is 0 Å². The van der Waals surface area contributed by atoms with Gasteiger partial charge in [0.15, 0.2) is 0 Å². The number of carbonyl (C=O) groups excluding carboxylic acids is 1. The van der Waals surface area contributed by atoms with Crippen LogP contribution in [0.5, 0.6) is 0 Å². The normalized spacial score (nSPS) is 15.6. The fraction of sp³-hybridized carbons (Fsp3) is 0.562. The first-order valence-corrected chi connectivity index (χ1v) is 7.25. The van der Waals surface area contributed by atoms with Gasteiger partial charge in [0.25, 0.3) is 6.47 Å². The zero-order chi connectivity index (χ0) is 15.7. The molecule has 0 spiro atoms. The number of carbonyl (C=O) groups is 1. The molecule has 4 nitrogen and oxygen atoms in total. The molecule has 1 aromatic rings. The second kappa shape index (κ2) is 8.62. The van der Waals surface area contributed by atoms with Gasteiger partial charge < -0.3 is 15.4 Å². The second-order valence-corrected chi connectivity index (χ2v) is 6.00. The quantitative estimate of drug-likeness (QED) is 0.842. The number of hydrogen-bond donors (Lipinski definition) is 2. The Morgan fingerprint density at radius 3 is 2.24 bits per heavy atom. The number of piperidine rings is 1. The van der Waals surface area contributed by atoms with E-state index in [0.29, 0.717) is 12.5 Å². The van der Waals surface area contributed by atoms with Gasteiger partial charge in [0, 0.05) is 11.7 Å². The zero-order valence-electron chi connectivity index (χ0n) is 13.0. The molecule has 21 heavy (non-hydrogen) atoms. The maximum Gasteiger partial charge on any atom is 0.293 e. The minimum Gasteiger partial charge on any atom is -0.462 e. The summed E-state index contributed by atoms with van der Waals surface area (Å²) in [5, 5.41) is 6.71. The van der Waals surface area contributed by atoms with E-state index < -0.39 is 0 Å². The van der Waals surface area contributed by atoms with Gasteiger partial charge in [0.1, 0.15) is 11.4 Å². The second-order valence-electron chi connectivity index (χ2n) is 6.00. The van der Waals surface area contributed by atoms with Crippen molar-refractivity contribution < 1.29 is 13.9 Å². The lowest BCUT2D eigenvalue weighted by molar-refractivity contribution is -0.138. The molecule has 0 radical (unpaired) electrons. The molecule has 1 aromatic carbocycles. The van der Waals surface area contributed by atoms with E-state index in [4.69, 9.17) is 0 Å². The Bertz CT molecular complexity index is 409. The molecular formula is C16H25FN2O2. The van der Waals surface area contributed by atoms with Crippen LogP contribution in [-0.2, 0) is 9.53 Å². The maximum absolute atomic E-state index is 12.6. The molecule has 0 aromatic heterocycles. The predicted molar refractivity (Wildman–Crippen MR) is 82.8 cm³/mol. The van der Waals surface area contributed by atoms with Gasteiger partial charge in [-0.2, -0.15) is 0 Å². The van der Waals surface area contributed by atoms with E-state index >= 15 is 0 Å². The highest BCUT2D eigenvalue weighted by molar-refractivity contribution is 5.43. The van der Waals surface area contributed by atoms with E-state index in [9.17, 15) is 9.18 Å². The summed E-state index contributed by atoms with van der Waals surface area (Å²) >= 11 is 0. The van der Waals surface area contributed by atoms with Crippen molar-refractivity contribution in [3.8, 4) is 0 Å². The van der Waals surface area contributed by atoms with Crippen molar-refractivity contribution in [1.82, 2.24) is 5.32 Å². The lowest BCUT2D eigenvalue weighted by Gasteiger charge is -2.24. The highest BCUT2D eigenvalue weighted by atomic mass is 19.1. The van der Waals surface area contributed by atoms with Crippen LogP contribution in [0.4, 0.5) is 10.1 Å². The van der Waals surface area contributed by atoms with Crippen molar-refractivity contribution in [2.45, 2.75) is 45.3 Å². The Kier molecular flexibility index (Phi) is 7.15. The van der Waals surface area contributed by atoms with Gasteiger partial charge >= 0.3 is 0 Å². The molecule has 118 valence electrons. The molecule has 0 unspecified atom stereocenters. The van der Waals surface area contributed by atoms with Gasteiger partial charge in [0.2, 0.25) is 0 Å². The van der Waals surface area contributed by atoms with Crippen molar-refractivity contribution in [2.24, 2.45) is 0 Å². The highest BCUT2D eigenvalue weighted by Gasteiger charge is 2.11. The van der Waals surface area contributed by atoms with Gasteiger partial charge in [-0.15, -0.1) is 0 Å². The molecule has 5 heteroatoms. The first kappa shape index (κ1) is 17.4. The molecule has 1 aliphatic heterocycles. The average molecular weight is 296 g/mol. The first-order chi connectivity index (χ1) is 9.90. The Hall–Kier alpha value is -1.62. The summed E-state index contributed by atoms with van der Waals surface area (Å²) < 4.78 is 17.2. The monoisotopic (exact) mass is 296 g/mol. The van der Waals surface area contributed by atoms with E-state index in [1.165, 1.54) is 12.1 Å². The Balaban J connectivity index is 0.000000270. The molecule has 0 saturated carbocycles. The fourth-order valence-corrected chi connectivity index (χ4v) is 1.89. The summed E-state index contributed by atoms with van der Waals surface area (Å²) in [5.41, 5.74) is 0.695. The molecule has 1 fully saturated rings. The number of ether oxygens (including phenoxy) is 1. The van der Waals surface area contributed by atoms with Crippen LogP contribution in [0.2, 0.25) is 0 Å². The van der Waals surface area contributed by atoms with Crippen LogP contribution in [-0.4, -0.2) is 31.2 Å². The molecule has 0 atom stereocenters. The summed E-state index contributed by atoms with van der Waals surface area (Å²) in [5.74, 6) is -0.180. The predicted octanol–water partition coefficient (Wildman–Crippen LogP) is 2.95. The number of nitrogens with one attached hydrogen (secondary N) is 2. The molecule has 0 amide bonds. The van der Waals surface area contributed by atoms with E-state index in [-0.39, 0.29) is 11.4 Å². The molecule has 2 N–H and O–H groups in total. The largest absolute Gasteiger partial charge is 0.462 e. The van der Waals surface area contributed by atoms with Crippen LogP contribution in [0.3, 0.4) is 0 Å². The van der Waals surface area contributed by atoms with Gasteiger partial charge in [-0.1, -0.05) is 0 Å². The minimum atomic E-state index is -0.318. The lowest BCUT2D eigenvalue weighted by Crippen LogP contribution is -2.35. The molecule has 1 aliphatic rings. The van der Waals surface area contributed by atoms with E-state index in [0.717, 1.165) is 31.6 Å². The summed E-state index contributed by atoms with van der Waals surface area (Å²) in [4.78, 5) is 9.60. The van der Waals surface area contributed by atoms with Crippen LogP contribution < -0.4 is 10.6 Å².